The van der Waals surface area contributed by atoms with Crippen molar-refractivity contribution in [2.75, 3.05) is 5.32 Å². The van der Waals surface area contributed by atoms with E-state index in [-0.39, 0.29) is 22.5 Å². The predicted molar refractivity (Wildman–Crippen MR) is 79.6 cm³/mol. The summed E-state index contributed by atoms with van der Waals surface area (Å²) in [4.78, 5) is 26.3. The van der Waals surface area contributed by atoms with Crippen LogP contribution in [0, 0.1) is 0 Å². The Hall–Kier alpha value is -1.53. The highest BCUT2D eigenvalue weighted by Crippen LogP contribution is 2.22. The summed E-state index contributed by atoms with van der Waals surface area (Å²) < 4.78 is 5.01. The van der Waals surface area contributed by atoms with Crippen molar-refractivity contribution in [1.82, 2.24) is 10.3 Å². The van der Waals surface area contributed by atoms with E-state index in [4.69, 9.17) is 27.9 Å². The Labute approximate surface area is 132 Å². The van der Waals surface area contributed by atoms with E-state index in [2.05, 4.69) is 15.6 Å². The number of hydrogen-bond donors (Lipinski definition) is 2. The van der Waals surface area contributed by atoms with Crippen molar-refractivity contribution in [2.24, 2.45) is 0 Å². The van der Waals surface area contributed by atoms with Crippen LogP contribution in [-0.4, -0.2) is 29.6 Å². The normalized spacial score (nSPS) is 21.4. The van der Waals surface area contributed by atoms with Gasteiger partial charge in [0.15, 0.2) is 0 Å². The Kier molecular flexibility index (Phi) is 5.64. The summed E-state index contributed by atoms with van der Waals surface area (Å²) in [5.74, 6) is 0. The zero-order valence-electron chi connectivity index (χ0n) is 11.1. The van der Waals surface area contributed by atoms with Crippen molar-refractivity contribution in [3.05, 3.63) is 22.4 Å². The average Bonchev–Trinajstić information content (AvgIpc) is 2.40. The average molecular weight is 332 g/mol. The number of nitrogens with one attached hydrogen (secondary N) is 2. The van der Waals surface area contributed by atoms with Crippen molar-refractivity contribution in [3.63, 3.8) is 0 Å². The minimum atomic E-state index is -0.403. The summed E-state index contributed by atoms with van der Waals surface area (Å²) in [5.41, 5.74) is 0.446. The first-order valence-corrected chi connectivity index (χ1v) is 7.34. The number of anilines is 1. The molecule has 2 atom stereocenters. The summed E-state index contributed by atoms with van der Waals surface area (Å²) in [7, 11) is 0. The molecule has 0 bridgehead atoms. The van der Waals surface area contributed by atoms with Crippen LogP contribution in [-0.2, 0) is 9.53 Å². The highest BCUT2D eigenvalue weighted by Gasteiger charge is 2.27. The molecule has 1 fully saturated rings. The topological polar surface area (TPSA) is 80.3 Å². The Morgan fingerprint density at radius 1 is 1.29 bits per heavy atom. The lowest BCUT2D eigenvalue weighted by molar-refractivity contribution is -0.136. The SMILES string of the molecule is O=COC1CCCCC1NC(=O)Nc1cc(Cl)nc(Cl)c1. The number of carbonyl (C=O) groups excluding carboxylic acids is 2. The first-order chi connectivity index (χ1) is 10.1. The number of rotatable bonds is 4. The molecule has 0 aliphatic heterocycles. The van der Waals surface area contributed by atoms with Gasteiger partial charge in [-0.15, -0.1) is 0 Å². The van der Waals surface area contributed by atoms with Gasteiger partial charge in [-0.1, -0.05) is 29.6 Å². The molecule has 8 heteroatoms. The van der Waals surface area contributed by atoms with E-state index in [1.807, 2.05) is 0 Å². The molecule has 1 aliphatic rings. The lowest BCUT2D eigenvalue weighted by Gasteiger charge is -2.30. The maximum Gasteiger partial charge on any atom is 0.319 e. The summed E-state index contributed by atoms with van der Waals surface area (Å²) in [6, 6.07) is 2.39. The van der Waals surface area contributed by atoms with Gasteiger partial charge in [-0.3, -0.25) is 4.79 Å². The first-order valence-electron chi connectivity index (χ1n) is 6.58. The number of aromatic nitrogens is 1. The fraction of sp³-hybridized carbons (Fsp3) is 0.462. The highest BCUT2D eigenvalue weighted by molar-refractivity contribution is 6.32. The molecule has 6 nitrogen and oxygen atoms in total. The molecule has 2 rings (SSSR count). The highest BCUT2D eigenvalue weighted by atomic mass is 35.5. The van der Waals surface area contributed by atoms with Crippen molar-refractivity contribution >= 4 is 41.4 Å². The van der Waals surface area contributed by atoms with Gasteiger partial charge in [-0.25, -0.2) is 9.78 Å². The summed E-state index contributed by atoms with van der Waals surface area (Å²) in [6.07, 6.45) is 3.19. The van der Waals surface area contributed by atoms with Crippen molar-refractivity contribution in [3.8, 4) is 0 Å². The zero-order valence-corrected chi connectivity index (χ0v) is 12.7. The minimum Gasteiger partial charge on any atom is -0.462 e. The van der Waals surface area contributed by atoms with Crippen LogP contribution in [0.4, 0.5) is 10.5 Å². The predicted octanol–water partition coefficient (Wildman–Crippen LogP) is 2.99. The minimum absolute atomic E-state index is 0.192. The fourth-order valence-corrected chi connectivity index (χ4v) is 2.83. The van der Waals surface area contributed by atoms with Crippen molar-refractivity contribution in [2.45, 2.75) is 37.8 Å². The van der Waals surface area contributed by atoms with Crippen LogP contribution in [0.2, 0.25) is 10.3 Å². The first kappa shape index (κ1) is 15.9. The van der Waals surface area contributed by atoms with Crippen molar-refractivity contribution in [1.29, 1.82) is 0 Å². The van der Waals surface area contributed by atoms with Crippen LogP contribution in [0.1, 0.15) is 25.7 Å². The van der Waals surface area contributed by atoms with Crippen LogP contribution in [0.25, 0.3) is 0 Å². The summed E-state index contributed by atoms with van der Waals surface area (Å²) in [6.45, 7) is 0.422. The van der Waals surface area contributed by atoms with E-state index in [0.717, 1.165) is 25.7 Å². The quantitative estimate of drug-likeness (QED) is 0.656. The molecule has 0 radical (unpaired) electrons. The van der Waals surface area contributed by atoms with Gasteiger partial charge in [-0.05, 0) is 31.4 Å². The Bertz CT molecular complexity index is 507. The number of ether oxygens (including phenoxy) is 1. The molecular weight excluding hydrogens is 317 g/mol. The molecular formula is C13H15Cl2N3O3. The molecule has 0 saturated heterocycles. The largest absolute Gasteiger partial charge is 0.462 e. The molecule has 1 aromatic heterocycles. The second kappa shape index (κ2) is 7.47. The van der Waals surface area contributed by atoms with E-state index in [9.17, 15) is 9.59 Å². The van der Waals surface area contributed by atoms with Crippen LogP contribution < -0.4 is 10.6 Å². The molecule has 0 aromatic carbocycles. The molecule has 0 spiro atoms. The number of carbonyl (C=O) groups is 2. The fourth-order valence-electron chi connectivity index (χ4n) is 2.37. The van der Waals surface area contributed by atoms with E-state index >= 15 is 0 Å². The lowest BCUT2D eigenvalue weighted by Crippen LogP contribution is -2.47. The van der Waals surface area contributed by atoms with Gasteiger partial charge in [0, 0.05) is 5.69 Å². The van der Waals surface area contributed by atoms with E-state index < -0.39 is 6.03 Å². The standard InChI is InChI=1S/C13H15Cl2N3O3/c14-11-5-8(6-12(15)18-11)16-13(20)17-9-3-1-2-4-10(9)21-7-19/h5-7,9-10H,1-4H2,(H2,16,17,18,20). The Morgan fingerprint density at radius 3 is 2.62 bits per heavy atom. The second-order valence-electron chi connectivity index (χ2n) is 4.76. The molecule has 21 heavy (non-hydrogen) atoms. The lowest BCUT2D eigenvalue weighted by atomic mass is 9.92. The molecule has 2 N–H and O–H groups in total. The van der Waals surface area contributed by atoms with Gasteiger partial charge in [0.2, 0.25) is 0 Å². The molecule has 114 valence electrons. The maximum atomic E-state index is 12.0. The number of pyridine rings is 1. The van der Waals surface area contributed by atoms with Crippen LogP contribution in [0.15, 0.2) is 12.1 Å². The molecule has 1 aliphatic carbocycles. The van der Waals surface area contributed by atoms with E-state index in [1.165, 1.54) is 12.1 Å². The third-order valence-electron chi connectivity index (χ3n) is 3.27. The van der Waals surface area contributed by atoms with Gasteiger partial charge in [0.1, 0.15) is 16.4 Å². The monoisotopic (exact) mass is 331 g/mol. The van der Waals surface area contributed by atoms with Gasteiger partial charge in [0.25, 0.3) is 6.47 Å². The van der Waals surface area contributed by atoms with E-state index in [1.54, 1.807) is 0 Å². The van der Waals surface area contributed by atoms with Gasteiger partial charge in [-0.2, -0.15) is 0 Å². The number of amides is 2. The number of urea groups is 1. The third-order valence-corrected chi connectivity index (χ3v) is 3.66. The molecule has 1 aromatic rings. The van der Waals surface area contributed by atoms with Crippen LogP contribution in [0.3, 0.4) is 0 Å². The summed E-state index contributed by atoms with van der Waals surface area (Å²) >= 11 is 11.5. The van der Waals surface area contributed by atoms with Crippen LogP contribution >= 0.6 is 23.2 Å². The zero-order chi connectivity index (χ0) is 15.2. The second-order valence-corrected chi connectivity index (χ2v) is 5.54. The molecule has 1 saturated carbocycles. The van der Waals surface area contributed by atoms with Gasteiger partial charge < -0.3 is 15.4 Å². The number of nitrogens with zero attached hydrogens (tertiary/aromatic N) is 1. The Balaban J connectivity index is 1.95. The Morgan fingerprint density at radius 2 is 1.95 bits per heavy atom. The molecule has 2 unspecified atom stereocenters. The van der Waals surface area contributed by atoms with E-state index in [0.29, 0.717) is 12.2 Å². The number of hydrogen-bond acceptors (Lipinski definition) is 4. The smallest absolute Gasteiger partial charge is 0.319 e. The van der Waals surface area contributed by atoms with Gasteiger partial charge >= 0.3 is 6.03 Å². The van der Waals surface area contributed by atoms with Gasteiger partial charge in [0.05, 0.1) is 6.04 Å². The maximum absolute atomic E-state index is 12.0. The van der Waals surface area contributed by atoms with Crippen LogP contribution in [0.5, 0.6) is 0 Å². The third kappa shape index (κ3) is 4.75. The van der Waals surface area contributed by atoms with Crippen molar-refractivity contribution < 1.29 is 14.3 Å². The molecule has 1 heterocycles. The summed E-state index contributed by atoms with van der Waals surface area (Å²) in [5, 5.41) is 5.82. The number of halogens is 2. The molecule has 2 amide bonds.